The molecule has 0 radical (unpaired) electrons. The number of aromatic nitrogens is 2. The van der Waals surface area contributed by atoms with Crippen molar-refractivity contribution in [2.75, 3.05) is 27.2 Å². The van der Waals surface area contributed by atoms with Crippen LogP contribution < -0.4 is 4.74 Å². The van der Waals surface area contributed by atoms with Crippen molar-refractivity contribution in [2.24, 2.45) is 5.92 Å². The van der Waals surface area contributed by atoms with Gasteiger partial charge in [0.15, 0.2) is 0 Å². The van der Waals surface area contributed by atoms with E-state index in [0.29, 0.717) is 12.5 Å². The lowest BCUT2D eigenvalue weighted by Gasteiger charge is -2.17. The largest absolute Gasteiger partial charge is 0.493 e. The average molecular weight is 349 g/mol. The number of hydrogen-bond donors (Lipinski definition) is 0. The molecule has 0 spiro atoms. The molecule has 136 valence electrons. The van der Waals surface area contributed by atoms with Crippen LogP contribution in [0.3, 0.4) is 0 Å². The van der Waals surface area contributed by atoms with Crippen LogP contribution in [0.25, 0.3) is 16.9 Å². The van der Waals surface area contributed by atoms with Gasteiger partial charge in [-0.2, -0.15) is 5.10 Å². The molecule has 0 saturated carbocycles. The van der Waals surface area contributed by atoms with Crippen LogP contribution >= 0.6 is 0 Å². The lowest BCUT2D eigenvalue weighted by atomic mass is 10.1. The Hall–Kier alpha value is -2.59. The molecule has 0 saturated heterocycles. The van der Waals surface area contributed by atoms with E-state index in [4.69, 9.17) is 9.84 Å². The van der Waals surface area contributed by atoms with Gasteiger partial charge in [0.05, 0.1) is 18.0 Å². The Morgan fingerprint density at radius 2 is 1.88 bits per heavy atom. The van der Waals surface area contributed by atoms with Crippen LogP contribution in [0.4, 0.5) is 0 Å². The molecular formula is C22H27N3O. The standard InChI is InChI=1S/C22H27N3O/c1-17(15-24(3)4)16-26-20-10-7-9-19(14-20)25-13-12-22(23-25)21-11-6-5-8-18(21)2/h5-14,17H,15-16H2,1-4H3. The van der Waals surface area contributed by atoms with E-state index >= 15 is 0 Å². The zero-order valence-corrected chi connectivity index (χ0v) is 16.0. The molecule has 4 nitrogen and oxygen atoms in total. The van der Waals surface area contributed by atoms with Gasteiger partial charge >= 0.3 is 0 Å². The number of ether oxygens (including phenoxy) is 1. The van der Waals surface area contributed by atoms with Crippen molar-refractivity contribution in [1.29, 1.82) is 0 Å². The minimum absolute atomic E-state index is 0.478. The fraction of sp³-hybridized carbons (Fsp3) is 0.318. The van der Waals surface area contributed by atoms with Gasteiger partial charge in [0.2, 0.25) is 0 Å². The highest BCUT2D eigenvalue weighted by Crippen LogP contribution is 2.23. The third kappa shape index (κ3) is 4.52. The summed E-state index contributed by atoms with van der Waals surface area (Å²) in [6, 6.07) is 18.5. The highest BCUT2D eigenvalue weighted by atomic mass is 16.5. The minimum atomic E-state index is 0.478. The molecular weight excluding hydrogens is 322 g/mol. The Kier molecular flexibility index (Phi) is 5.74. The lowest BCUT2D eigenvalue weighted by Crippen LogP contribution is -2.24. The first-order valence-corrected chi connectivity index (χ1v) is 9.02. The minimum Gasteiger partial charge on any atom is -0.493 e. The van der Waals surface area contributed by atoms with Gasteiger partial charge in [0.1, 0.15) is 5.75 Å². The van der Waals surface area contributed by atoms with Crippen LogP contribution in [-0.2, 0) is 0 Å². The molecule has 0 amide bonds. The smallest absolute Gasteiger partial charge is 0.121 e. The molecule has 3 rings (SSSR count). The third-order valence-electron chi connectivity index (χ3n) is 4.30. The monoisotopic (exact) mass is 349 g/mol. The van der Waals surface area contributed by atoms with Gasteiger partial charge in [-0.05, 0) is 44.8 Å². The number of nitrogens with zero attached hydrogens (tertiary/aromatic N) is 3. The van der Waals surface area contributed by atoms with Gasteiger partial charge in [-0.15, -0.1) is 0 Å². The van der Waals surface area contributed by atoms with E-state index in [9.17, 15) is 0 Å². The average Bonchev–Trinajstić information content (AvgIpc) is 3.10. The summed E-state index contributed by atoms with van der Waals surface area (Å²) in [5, 5.41) is 4.74. The molecule has 1 aromatic heterocycles. The predicted octanol–water partition coefficient (Wildman–Crippen LogP) is 4.42. The lowest BCUT2D eigenvalue weighted by molar-refractivity contribution is 0.222. The maximum Gasteiger partial charge on any atom is 0.121 e. The molecule has 1 heterocycles. The predicted molar refractivity (Wildman–Crippen MR) is 107 cm³/mol. The van der Waals surface area contributed by atoms with Crippen LogP contribution in [0.2, 0.25) is 0 Å². The molecule has 0 aliphatic rings. The topological polar surface area (TPSA) is 30.3 Å². The summed E-state index contributed by atoms with van der Waals surface area (Å²) in [6.45, 7) is 6.03. The van der Waals surface area contributed by atoms with Gasteiger partial charge < -0.3 is 9.64 Å². The van der Waals surface area contributed by atoms with E-state index < -0.39 is 0 Å². The fourth-order valence-electron chi connectivity index (χ4n) is 3.10. The summed E-state index contributed by atoms with van der Waals surface area (Å²) in [4.78, 5) is 2.18. The zero-order valence-electron chi connectivity index (χ0n) is 16.0. The molecule has 1 unspecified atom stereocenters. The normalized spacial score (nSPS) is 12.3. The summed E-state index contributed by atoms with van der Waals surface area (Å²) in [7, 11) is 4.17. The highest BCUT2D eigenvalue weighted by molar-refractivity contribution is 5.63. The molecule has 3 aromatic rings. The van der Waals surface area contributed by atoms with Crippen molar-refractivity contribution in [3.63, 3.8) is 0 Å². The maximum absolute atomic E-state index is 5.97. The van der Waals surface area contributed by atoms with E-state index in [0.717, 1.165) is 29.2 Å². The van der Waals surface area contributed by atoms with Gasteiger partial charge in [0, 0.05) is 30.3 Å². The van der Waals surface area contributed by atoms with Gasteiger partial charge in [-0.25, -0.2) is 4.68 Å². The molecule has 0 aliphatic heterocycles. The second-order valence-electron chi connectivity index (χ2n) is 7.14. The number of hydrogen-bond acceptors (Lipinski definition) is 3. The van der Waals surface area contributed by atoms with Gasteiger partial charge in [0.25, 0.3) is 0 Å². The second-order valence-corrected chi connectivity index (χ2v) is 7.14. The van der Waals surface area contributed by atoms with Crippen molar-refractivity contribution >= 4 is 0 Å². The SMILES string of the molecule is Cc1ccccc1-c1ccn(-c2cccc(OCC(C)CN(C)C)c2)n1. The summed E-state index contributed by atoms with van der Waals surface area (Å²) in [5.74, 6) is 1.35. The Balaban J connectivity index is 1.74. The second kappa shape index (κ2) is 8.19. The van der Waals surface area contributed by atoms with Crippen LogP contribution in [0, 0.1) is 12.8 Å². The maximum atomic E-state index is 5.97. The number of rotatable bonds is 7. The number of benzene rings is 2. The van der Waals surface area contributed by atoms with Crippen molar-refractivity contribution in [3.8, 4) is 22.7 Å². The molecule has 26 heavy (non-hydrogen) atoms. The van der Waals surface area contributed by atoms with E-state index in [1.807, 2.05) is 47.3 Å². The molecule has 2 aromatic carbocycles. The Morgan fingerprint density at radius 1 is 1.08 bits per heavy atom. The van der Waals surface area contributed by atoms with Crippen molar-refractivity contribution in [1.82, 2.24) is 14.7 Å². The van der Waals surface area contributed by atoms with Crippen molar-refractivity contribution in [3.05, 3.63) is 66.4 Å². The summed E-state index contributed by atoms with van der Waals surface area (Å²) in [6.07, 6.45) is 2.00. The van der Waals surface area contributed by atoms with Crippen LogP contribution in [0.1, 0.15) is 12.5 Å². The molecule has 0 N–H and O–H groups in total. The van der Waals surface area contributed by atoms with Gasteiger partial charge in [-0.3, -0.25) is 0 Å². The van der Waals surface area contributed by atoms with Crippen LogP contribution in [0.15, 0.2) is 60.8 Å². The van der Waals surface area contributed by atoms with Crippen LogP contribution in [-0.4, -0.2) is 41.9 Å². The quantitative estimate of drug-likeness (QED) is 0.632. The first kappa shape index (κ1) is 18.2. The molecule has 0 bridgehead atoms. The Bertz CT molecular complexity index is 854. The number of aryl methyl sites for hydroxylation is 1. The van der Waals surface area contributed by atoms with E-state index in [1.54, 1.807) is 0 Å². The first-order valence-electron chi connectivity index (χ1n) is 9.02. The third-order valence-corrected chi connectivity index (χ3v) is 4.30. The summed E-state index contributed by atoms with van der Waals surface area (Å²) < 4.78 is 7.87. The van der Waals surface area contributed by atoms with E-state index in [1.165, 1.54) is 5.56 Å². The Morgan fingerprint density at radius 3 is 2.65 bits per heavy atom. The molecule has 0 aliphatic carbocycles. The fourth-order valence-corrected chi connectivity index (χ4v) is 3.10. The molecule has 1 atom stereocenters. The van der Waals surface area contributed by atoms with Crippen LogP contribution in [0.5, 0.6) is 5.75 Å². The van der Waals surface area contributed by atoms with Crippen molar-refractivity contribution in [2.45, 2.75) is 13.8 Å². The van der Waals surface area contributed by atoms with Crippen molar-refractivity contribution < 1.29 is 4.74 Å². The van der Waals surface area contributed by atoms with E-state index in [-0.39, 0.29) is 0 Å². The Labute approximate surface area is 156 Å². The zero-order chi connectivity index (χ0) is 18.5. The first-order chi connectivity index (χ1) is 12.5. The van der Waals surface area contributed by atoms with Gasteiger partial charge in [-0.1, -0.05) is 37.3 Å². The molecule has 0 fully saturated rings. The highest BCUT2D eigenvalue weighted by Gasteiger charge is 2.08. The van der Waals surface area contributed by atoms with E-state index in [2.05, 4.69) is 51.0 Å². The summed E-state index contributed by atoms with van der Waals surface area (Å²) >= 11 is 0. The summed E-state index contributed by atoms with van der Waals surface area (Å²) in [5.41, 5.74) is 4.37. The molecule has 4 heteroatoms.